The molecular weight excluding hydrogens is 281 g/mol. The molecule has 0 radical (unpaired) electrons. The average Bonchev–Trinajstić information content (AvgIpc) is 2.76. The van der Waals surface area contributed by atoms with E-state index >= 15 is 0 Å². The van der Waals surface area contributed by atoms with E-state index in [-0.39, 0.29) is 28.9 Å². The minimum Gasteiger partial charge on any atom is -0.503 e. The van der Waals surface area contributed by atoms with Crippen molar-refractivity contribution >= 4 is 0 Å². The second-order valence-electron chi connectivity index (χ2n) is 6.69. The van der Waals surface area contributed by atoms with Crippen LogP contribution in [-0.2, 0) is 0 Å². The van der Waals surface area contributed by atoms with Gasteiger partial charge in [-0.1, -0.05) is 6.92 Å². The highest BCUT2D eigenvalue weighted by atomic mass is 19.2. The number of phenolic OH excluding ortho intramolecular Hbond substituents is 1. The summed E-state index contributed by atoms with van der Waals surface area (Å²) in [6.45, 7) is 2.04. The molecule has 0 unspecified atom stereocenters. The first-order chi connectivity index (χ1) is 9.84. The topological polar surface area (TPSA) is 40.5 Å². The van der Waals surface area contributed by atoms with Gasteiger partial charge in [-0.25, -0.2) is 8.78 Å². The van der Waals surface area contributed by atoms with Crippen molar-refractivity contribution in [3.63, 3.8) is 0 Å². The second kappa shape index (κ2) is 4.90. The Morgan fingerprint density at radius 3 is 2.57 bits per heavy atom. The standard InChI is InChI=1S/C16H19F3O2/c1-16-5-4-8(6-9(16)2-3-12(16)20)10-7-11(17)15(21)14(19)13(10)18/h7-9,12,20-21H,2-6H2,1H3/t8-,9+,12-,16-/m0/s1. The van der Waals surface area contributed by atoms with Crippen LogP contribution in [0.4, 0.5) is 13.2 Å². The number of rotatable bonds is 1. The molecule has 0 bridgehead atoms. The Morgan fingerprint density at radius 1 is 1.14 bits per heavy atom. The van der Waals surface area contributed by atoms with Crippen molar-refractivity contribution in [3.05, 3.63) is 29.1 Å². The van der Waals surface area contributed by atoms with Crippen LogP contribution in [0, 0.1) is 28.8 Å². The van der Waals surface area contributed by atoms with Crippen molar-refractivity contribution in [3.8, 4) is 5.75 Å². The fraction of sp³-hybridized carbons (Fsp3) is 0.625. The Hall–Kier alpha value is -1.23. The molecular formula is C16H19F3O2. The average molecular weight is 300 g/mol. The molecule has 2 saturated carbocycles. The van der Waals surface area contributed by atoms with Crippen LogP contribution in [0.5, 0.6) is 5.75 Å². The lowest BCUT2D eigenvalue weighted by Crippen LogP contribution is -2.37. The SMILES string of the molecule is C[C@]12CC[C@H](c3cc(F)c(O)c(F)c3F)C[C@H]1CC[C@@H]2O. The molecule has 21 heavy (non-hydrogen) atoms. The summed E-state index contributed by atoms with van der Waals surface area (Å²) in [7, 11) is 0. The number of benzene rings is 1. The molecule has 0 spiro atoms. The van der Waals surface area contributed by atoms with E-state index in [1.807, 2.05) is 6.92 Å². The molecule has 116 valence electrons. The second-order valence-corrected chi connectivity index (χ2v) is 6.69. The zero-order valence-corrected chi connectivity index (χ0v) is 11.9. The summed E-state index contributed by atoms with van der Waals surface area (Å²) in [4.78, 5) is 0. The molecule has 0 aliphatic heterocycles. The largest absolute Gasteiger partial charge is 0.503 e. The maximum absolute atomic E-state index is 14.0. The molecule has 2 aliphatic carbocycles. The van der Waals surface area contributed by atoms with Gasteiger partial charge < -0.3 is 10.2 Å². The summed E-state index contributed by atoms with van der Waals surface area (Å²) in [5, 5.41) is 19.2. The Kier molecular flexibility index (Phi) is 3.43. The molecule has 5 heteroatoms. The van der Waals surface area contributed by atoms with Crippen LogP contribution in [0.1, 0.15) is 50.5 Å². The maximum Gasteiger partial charge on any atom is 0.203 e. The fourth-order valence-electron chi connectivity index (χ4n) is 4.18. The van der Waals surface area contributed by atoms with Crippen molar-refractivity contribution < 1.29 is 23.4 Å². The van der Waals surface area contributed by atoms with Gasteiger partial charge in [-0.2, -0.15) is 4.39 Å². The van der Waals surface area contributed by atoms with Crippen LogP contribution < -0.4 is 0 Å². The minimum atomic E-state index is -1.51. The Labute approximate surface area is 121 Å². The van der Waals surface area contributed by atoms with Crippen LogP contribution in [0.15, 0.2) is 6.07 Å². The van der Waals surface area contributed by atoms with Crippen LogP contribution >= 0.6 is 0 Å². The van der Waals surface area contributed by atoms with Crippen molar-refractivity contribution in [2.75, 3.05) is 0 Å². The summed E-state index contributed by atoms with van der Waals surface area (Å²) in [5.74, 6) is -5.06. The molecule has 2 N–H and O–H groups in total. The fourth-order valence-corrected chi connectivity index (χ4v) is 4.18. The first-order valence-electron chi connectivity index (χ1n) is 7.39. The number of aliphatic hydroxyl groups is 1. The molecule has 3 rings (SSSR count). The summed E-state index contributed by atoms with van der Waals surface area (Å²) < 4.78 is 41.0. The number of aliphatic hydroxyl groups excluding tert-OH is 1. The molecule has 2 aliphatic rings. The smallest absolute Gasteiger partial charge is 0.203 e. The number of hydrogen-bond acceptors (Lipinski definition) is 2. The van der Waals surface area contributed by atoms with E-state index in [0.717, 1.165) is 18.9 Å². The van der Waals surface area contributed by atoms with Gasteiger partial charge in [0, 0.05) is 0 Å². The number of fused-ring (bicyclic) bond motifs is 1. The number of phenols is 1. The number of halogens is 3. The molecule has 0 aromatic heterocycles. The third-order valence-electron chi connectivity index (χ3n) is 5.69. The predicted octanol–water partition coefficient (Wildman–Crippen LogP) is 3.85. The number of aromatic hydroxyl groups is 1. The monoisotopic (exact) mass is 300 g/mol. The number of hydrogen-bond donors (Lipinski definition) is 2. The lowest BCUT2D eigenvalue weighted by atomic mass is 9.64. The van der Waals surface area contributed by atoms with E-state index < -0.39 is 23.2 Å². The van der Waals surface area contributed by atoms with Gasteiger partial charge in [0.1, 0.15) is 0 Å². The van der Waals surface area contributed by atoms with Gasteiger partial charge in [0.15, 0.2) is 17.4 Å². The summed E-state index contributed by atoms with van der Waals surface area (Å²) in [6, 6.07) is 0.909. The zero-order chi connectivity index (χ0) is 15.4. The van der Waals surface area contributed by atoms with E-state index in [9.17, 15) is 18.3 Å². The van der Waals surface area contributed by atoms with Gasteiger partial charge in [-0.3, -0.25) is 0 Å². The summed E-state index contributed by atoms with van der Waals surface area (Å²) in [6.07, 6.45) is 3.17. The molecule has 0 amide bonds. The third kappa shape index (κ3) is 2.13. The molecule has 2 fully saturated rings. The molecule has 2 nitrogen and oxygen atoms in total. The Balaban J connectivity index is 1.91. The van der Waals surface area contributed by atoms with Gasteiger partial charge in [0.05, 0.1) is 6.10 Å². The molecule has 4 atom stereocenters. The summed E-state index contributed by atoms with van der Waals surface area (Å²) >= 11 is 0. The zero-order valence-electron chi connectivity index (χ0n) is 11.9. The molecule has 1 aromatic carbocycles. The van der Waals surface area contributed by atoms with Crippen LogP contribution in [0.3, 0.4) is 0 Å². The van der Waals surface area contributed by atoms with Crippen molar-refractivity contribution in [2.24, 2.45) is 11.3 Å². The first kappa shape index (κ1) is 14.7. The van der Waals surface area contributed by atoms with Gasteiger partial charge in [-0.15, -0.1) is 0 Å². The minimum absolute atomic E-state index is 0.00578. The van der Waals surface area contributed by atoms with Gasteiger partial charge in [0.25, 0.3) is 0 Å². The molecule has 0 saturated heterocycles. The highest BCUT2D eigenvalue weighted by molar-refractivity contribution is 5.34. The highest BCUT2D eigenvalue weighted by Crippen LogP contribution is 2.55. The highest BCUT2D eigenvalue weighted by Gasteiger charge is 2.49. The van der Waals surface area contributed by atoms with Crippen molar-refractivity contribution in [1.29, 1.82) is 0 Å². The van der Waals surface area contributed by atoms with E-state index in [4.69, 9.17) is 5.11 Å². The third-order valence-corrected chi connectivity index (χ3v) is 5.69. The van der Waals surface area contributed by atoms with Gasteiger partial charge >= 0.3 is 0 Å². The molecule has 0 heterocycles. The van der Waals surface area contributed by atoms with E-state index in [1.165, 1.54) is 0 Å². The lowest BCUT2D eigenvalue weighted by molar-refractivity contribution is 0.00836. The molecule has 1 aromatic rings. The normalized spacial score (nSPS) is 35.8. The van der Waals surface area contributed by atoms with Crippen LogP contribution in [0.2, 0.25) is 0 Å². The quantitative estimate of drug-likeness (QED) is 0.773. The van der Waals surface area contributed by atoms with Gasteiger partial charge in [-0.05, 0) is 61.0 Å². The van der Waals surface area contributed by atoms with Crippen molar-refractivity contribution in [2.45, 2.75) is 51.0 Å². The lowest BCUT2D eigenvalue weighted by Gasteiger charge is -2.42. The van der Waals surface area contributed by atoms with E-state index in [1.54, 1.807) is 0 Å². The Morgan fingerprint density at radius 2 is 1.86 bits per heavy atom. The van der Waals surface area contributed by atoms with Crippen molar-refractivity contribution in [1.82, 2.24) is 0 Å². The van der Waals surface area contributed by atoms with Gasteiger partial charge in [0.2, 0.25) is 5.82 Å². The first-order valence-corrected chi connectivity index (χ1v) is 7.39. The summed E-state index contributed by atoms with van der Waals surface area (Å²) in [5.41, 5.74) is -0.160. The van der Waals surface area contributed by atoms with E-state index in [0.29, 0.717) is 19.3 Å². The van der Waals surface area contributed by atoms with Crippen LogP contribution in [-0.4, -0.2) is 16.3 Å². The maximum atomic E-state index is 14.0. The predicted molar refractivity (Wildman–Crippen MR) is 71.4 cm³/mol. The Bertz CT molecular complexity index is 575. The van der Waals surface area contributed by atoms with E-state index in [2.05, 4.69) is 0 Å². The van der Waals surface area contributed by atoms with Crippen LogP contribution in [0.25, 0.3) is 0 Å².